The van der Waals surface area contributed by atoms with Crippen molar-refractivity contribution < 1.29 is 19.4 Å². The van der Waals surface area contributed by atoms with Crippen LogP contribution in [-0.2, 0) is 9.59 Å². The maximum Gasteiger partial charge on any atom is 0.295 e. The minimum absolute atomic E-state index is 0.125. The van der Waals surface area contributed by atoms with Crippen LogP contribution >= 0.6 is 0 Å². The molecular formula is C24H27NO4. The average molecular weight is 393 g/mol. The van der Waals surface area contributed by atoms with E-state index in [0.717, 1.165) is 17.5 Å². The molecule has 2 aromatic carbocycles. The lowest BCUT2D eigenvalue weighted by Gasteiger charge is -2.25. The molecule has 5 nitrogen and oxygen atoms in total. The molecule has 0 radical (unpaired) electrons. The summed E-state index contributed by atoms with van der Waals surface area (Å²) >= 11 is 0. The highest BCUT2D eigenvalue weighted by Gasteiger charge is 2.45. The summed E-state index contributed by atoms with van der Waals surface area (Å²) in [6, 6.07) is 14.0. The van der Waals surface area contributed by atoms with Crippen LogP contribution in [0.5, 0.6) is 5.75 Å². The van der Waals surface area contributed by atoms with Crippen molar-refractivity contribution in [1.82, 2.24) is 4.90 Å². The van der Waals surface area contributed by atoms with Gasteiger partial charge in [-0.05, 0) is 37.5 Å². The molecule has 0 saturated carbocycles. The topological polar surface area (TPSA) is 66.8 Å². The number of ether oxygens (including phenoxy) is 1. The SMILES string of the molecule is CCCOc1cccc(C2/C(=C(/O)c3ccc(C)cc3)C(=O)C(=O)N2CCC)c1. The largest absolute Gasteiger partial charge is 0.507 e. The minimum Gasteiger partial charge on any atom is -0.507 e. The third-order valence-electron chi connectivity index (χ3n) is 4.98. The van der Waals surface area contributed by atoms with Crippen molar-refractivity contribution in [2.24, 2.45) is 0 Å². The van der Waals surface area contributed by atoms with E-state index < -0.39 is 17.7 Å². The summed E-state index contributed by atoms with van der Waals surface area (Å²) in [5.41, 5.74) is 2.44. The highest BCUT2D eigenvalue weighted by Crippen LogP contribution is 2.40. The predicted molar refractivity (Wildman–Crippen MR) is 113 cm³/mol. The van der Waals surface area contributed by atoms with Gasteiger partial charge in [0.2, 0.25) is 0 Å². The molecule has 1 atom stereocenters. The molecule has 29 heavy (non-hydrogen) atoms. The van der Waals surface area contributed by atoms with E-state index in [4.69, 9.17) is 4.74 Å². The molecule has 1 unspecified atom stereocenters. The molecule has 1 saturated heterocycles. The van der Waals surface area contributed by atoms with Crippen LogP contribution in [0.25, 0.3) is 5.76 Å². The number of carbonyl (C=O) groups excluding carboxylic acids is 2. The first-order valence-electron chi connectivity index (χ1n) is 10.1. The first-order valence-corrected chi connectivity index (χ1v) is 10.1. The van der Waals surface area contributed by atoms with Gasteiger partial charge < -0.3 is 14.7 Å². The highest BCUT2D eigenvalue weighted by molar-refractivity contribution is 6.46. The molecule has 1 heterocycles. The summed E-state index contributed by atoms with van der Waals surface area (Å²) in [5, 5.41) is 11.0. The molecule has 0 bridgehead atoms. The summed E-state index contributed by atoms with van der Waals surface area (Å²) in [4.78, 5) is 27.2. The molecule has 1 N–H and O–H groups in total. The normalized spacial score (nSPS) is 18.3. The Morgan fingerprint density at radius 3 is 2.45 bits per heavy atom. The van der Waals surface area contributed by atoms with E-state index in [1.807, 2.05) is 57.2 Å². The monoisotopic (exact) mass is 393 g/mol. The Hall–Kier alpha value is -3.08. The fraction of sp³-hybridized carbons (Fsp3) is 0.333. The van der Waals surface area contributed by atoms with Crippen LogP contribution < -0.4 is 4.74 Å². The van der Waals surface area contributed by atoms with Crippen molar-refractivity contribution in [3.05, 3.63) is 70.8 Å². The van der Waals surface area contributed by atoms with E-state index in [1.165, 1.54) is 0 Å². The second-order valence-electron chi connectivity index (χ2n) is 7.28. The van der Waals surface area contributed by atoms with Crippen LogP contribution in [0, 0.1) is 6.92 Å². The van der Waals surface area contributed by atoms with Gasteiger partial charge in [0.25, 0.3) is 11.7 Å². The second-order valence-corrected chi connectivity index (χ2v) is 7.28. The lowest BCUT2D eigenvalue weighted by molar-refractivity contribution is -0.139. The number of aryl methyl sites for hydroxylation is 1. The third kappa shape index (κ3) is 4.19. The molecule has 152 valence electrons. The fourth-order valence-electron chi connectivity index (χ4n) is 3.56. The Kier molecular flexibility index (Phi) is 6.37. The van der Waals surface area contributed by atoms with Crippen LogP contribution in [0.2, 0.25) is 0 Å². The van der Waals surface area contributed by atoms with Gasteiger partial charge in [-0.1, -0.05) is 55.8 Å². The number of carbonyl (C=O) groups is 2. The van der Waals surface area contributed by atoms with E-state index in [2.05, 4.69) is 0 Å². The molecule has 5 heteroatoms. The Balaban J connectivity index is 2.12. The summed E-state index contributed by atoms with van der Waals surface area (Å²) in [7, 11) is 0. The minimum atomic E-state index is -0.651. The summed E-state index contributed by atoms with van der Waals surface area (Å²) in [5.74, 6) is -0.694. The number of likely N-dealkylation sites (tertiary alicyclic amines) is 1. The first kappa shape index (κ1) is 20.6. The van der Waals surface area contributed by atoms with Crippen molar-refractivity contribution in [1.29, 1.82) is 0 Å². The van der Waals surface area contributed by atoms with Gasteiger partial charge in [0.05, 0.1) is 18.2 Å². The first-order chi connectivity index (χ1) is 14.0. The lowest BCUT2D eigenvalue weighted by Crippen LogP contribution is -2.30. The zero-order chi connectivity index (χ0) is 21.0. The number of rotatable bonds is 7. The Labute approximate surface area is 171 Å². The van der Waals surface area contributed by atoms with Crippen molar-refractivity contribution in [3.8, 4) is 5.75 Å². The van der Waals surface area contributed by atoms with E-state index in [1.54, 1.807) is 17.0 Å². The van der Waals surface area contributed by atoms with Gasteiger partial charge in [0, 0.05) is 12.1 Å². The van der Waals surface area contributed by atoms with Crippen molar-refractivity contribution >= 4 is 17.4 Å². The van der Waals surface area contributed by atoms with Gasteiger partial charge in [-0.25, -0.2) is 0 Å². The Morgan fingerprint density at radius 1 is 1.07 bits per heavy atom. The number of ketones is 1. The number of amides is 1. The number of Topliss-reactive ketones (excluding diaryl/α,β-unsaturated/α-hetero) is 1. The number of hydrogen-bond donors (Lipinski definition) is 1. The molecule has 1 aliphatic heterocycles. The van der Waals surface area contributed by atoms with Gasteiger partial charge in [0.15, 0.2) is 0 Å². The standard InChI is InChI=1S/C24H27NO4/c1-4-13-25-21(18-7-6-8-19(15-18)29-14-5-2)20(23(27)24(25)28)22(26)17-11-9-16(3)10-12-17/h6-12,15,21,26H,4-5,13-14H2,1-3H3/b22-20-. The summed E-state index contributed by atoms with van der Waals surface area (Å²) < 4.78 is 5.73. The molecule has 1 aliphatic rings. The Bertz CT molecular complexity index is 930. The molecular weight excluding hydrogens is 366 g/mol. The van der Waals surface area contributed by atoms with Gasteiger partial charge in [-0.3, -0.25) is 9.59 Å². The molecule has 3 rings (SSSR count). The summed E-state index contributed by atoms with van der Waals surface area (Å²) in [6.07, 6.45) is 1.59. The van der Waals surface area contributed by atoms with Crippen LogP contribution in [0.15, 0.2) is 54.1 Å². The van der Waals surface area contributed by atoms with E-state index in [-0.39, 0.29) is 11.3 Å². The van der Waals surface area contributed by atoms with Gasteiger partial charge in [-0.2, -0.15) is 0 Å². The summed E-state index contributed by atoms with van der Waals surface area (Å²) in [6.45, 7) is 6.95. The maximum atomic E-state index is 12.9. The third-order valence-corrected chi connectivity index (χ3v) is 4.98. The molecule has 1 fully saturated rings. The Morgan fingerprint density at radius 2 is 1.79 bits per heavy atom. The number of hydrogen-bond acceptors (Lipinski definition) is 4. The number of aliphatic hydroxyl groups is 1. The predicted octanol–water partition coefficient (Wildman–Crippen LogP) is 4.62. The second kappa shape index (κ2) is 8.95. The van der Waals surface area contributed by atoms with Crippen LogP contribution in [0.4, 0.5) is 0 Å². The quantitative estimate of drug-likeness (QED) is 0.424. The van der Waals surface area contributed by atoms with Crippen molar-refractivity contribution in [2.75, 3.05) is 13.2 Å². The van der Waals surface area contributed by atoms with Crippen molar-refractivity contribution in [3.63, 3.8) is 0 Å². The average Bonchev–Trinajstić information content (AvgIpc) is 2.98. The van der Waals surface area contributed by atoms with Crippen LogP contribution in [-0.4, -0.2) is 34.8 Å². The zero-order valence-electron chi connectivity index (χ0n) is 17.1. The lowest BCUT2D eigenvalue weighted by atomic mass is 9.95. The van der Waals surface area contributed by atoms with Crippen molar-refractivity contribution in [2.45, 2.75) is 39.7 Å². The molecule has 0 spiro atoms. The van der Waals surface area contributed by atoms with Crippen LogP contribution in [0.1, 0.15) is 49.4 Å². The molecule has 1 amide bonds. The molecule has 0 aromatic heterocycles. The number of benzene rings is 2. The van der Waals surface area contributed by atoms with Gasteiger partial charge in [0.1, 0.15) is 11.5 Å². The zero-order valence-corrected chi connectivity index (χ0v) is 17.1. The highest BCUT2D eigenvalue weighted by atomic mass is 16.5. The molecule has 2 aromatic rings. The molecule has 0 aliphatic carbocycles. The van der Waals surface area contributed by atoms with E-state index >= 15 is 0 Å². The van der Waals surface area contributed by atoms with E-state index in [9.17, 15) is 14.7 Å². The van der Waals surface area contributed by atoms with Gasteiger partial charge >= 0.3 is 0 Å². The smallest absolute Gasteiger partial charge is 0.295 e. The number of aliphatic hydroxyl groups excluding tert-OH is 1. The van der Waals surface area contributed by atoms with Gasteiger partial charge in [-0.15, -0.1) is 0 Å². The van der Waals surface area contributed by atoms with E-state index in [0.29, 0.717) is 30.9 Å². The maximum absolute atomic E-state index is 12.9. The fourth-order valence-corrected chi connectivity index (χ4v) is 3.56. The van der Waals surface area contributed by atoms with Crippen LogP contribution in [0.3, 0.4) is 0 Å². The number of nitrogens with zero attached hydrogens (tertiary/aromatic N) is 1.